The molecule has 0 saturated carbocycles. The van der Waals surface area contributed by atoms with Gasteiger partial charge in [-0.25, -0.2) is 0 Å². The molecule has 0 aromatic carbocycles. The van der Waals surface area contributed by atoms with Crippen LogP contribution in [-0.2, 0) is 4.79 Å². The van der Waals surface area contributed by atoms with Gasteiger partial charge in [0.1, 0.15) is 5.92 Å². The van der Waals surface area contributed by atoms with Crippen molar-refractivity contribution >= 4 is 11.7 Å². The lowest BCUT2D eigenvalue weighted by atomic mass is 9.93. The maximum atomic E-state index is 12.7. The number of hydrogen-bond acceptors (Lipinski definition) is 4. The van der Waals surface area contributed by atoms with Crippen LogP contribution in [0.4, 0.5) is 0 Å². The Labute approximate surface area is 122 Å². The Kier molecular flexibility index (Phi) is 8.22. The number of rotatable bonds is 8. The van der Waals surface area contributed by atoms with Crippen molar-refractivity contribution in [1.82, 2.24) is 9.80 Å². The summed E-state index contributed by atoms with van der Waals surface area (Å²) in [5.41, 5.74) is 5.69. The number of oxime groups is 1. The summed E-state index contributed by atoms with van der Waals surface area (Å²) in [7, 11) is 3.95. The van der Waals surface area contributed by atoms with E-state index in [0.29, 0.717) is 19.0 Å². The van der Waals surface area contributed by atoms with Gasteiger partial charge in [-0.2, -0.15) is 0 Å². The molecule has 3 N–H and O–H groups in total. The molecule has 6 nitrogen and oxygen atoms in total. The Morgan fingerprint density at radius 2 is 1.75 bits per heavy atom. The van der Waals surface area contributed by atoms with Gasteiger partial charge in [0.15, 0.2) is 5.84 Å². The van der Waals surface area contributed by atoms with Crippen LogP contribution >= 0.6 is 0 Å². The zero-order valence-electron chi connectivity index (χ0n) is 13.6. The van der Waals surface area contributed by atoms with Crippen LogP contribution in [-0.4, -0.2) is 60.5 Å². The van der Waals surface area contributed by atoms with Gasteiger partial charge in [0.2, 0.25) is 5.91 Å². The number of carbonyl (C=O) groups excluding carboxylic acids is 1. The summed E-state index contributed by atoms with van der Waals surface area (Å²) in [5.74, 6) is -0.274. The van der Waals surface area contributed by atoms with Crippen molar-refractivity contribution in [3.05, 3.63) is 0 Å². The number of amidine groups is 1. The number of nitrogens with two attached hydrogens (primary N) is 1. The van der Waals surface area contributed by atoms with E-state index in [1.807, 2.05) is 37.7 Å². The minimum absolute atomic E-state index is 0.00702. The fraction of sp³-hybridized carbons (Fsp3) is 0.857. The summed E-state index contributed by atoms with van der Waals surface area (Å²) < 4.78 is 0. The molecular weight excluding hydrogens is 256 g/mol. The predicted molar refractivity (Wildman–Crippen MR) is 81.7 cm³/mol. The van der Waals surface area contributed by atoms with Crippen molar-refractivity contribution in [3.8, 4) is 0 Å². The molecule has 1 amide bonds. The minimum atomic E-state index is -0.569. The first-order valence-corrected chi connectivity index (χ1v) is 7.11. The Bertz CT molecular complexity index is 327. The van der Waals surface area contributed by atoms with Crippen LogP contribution in [0.2, 0.25) is 0 Å². The largest absolute Gasteiger partial charge is 0.409 e. The smallest absolute Gasteiger partial charge is 0.233 e. The molecule has 0 spiro atoms. The average Bonchev–Trinajstić information content (AvgIpc) is 2.32. The summed E-state index contributed by atoms with van der Waals surface area (Å²) in [6.07, 6.45) is 0. The SMILES string of the molecule is CC(C)CN(CCN(C)C)C(=O)C(C(N)=NO)C(C)C. The van der Waals surface area contributed by atoms with Crippen LogP contribution in [0.25, 0.3) is 0 Å². The van der Waals surface area contributed by atoms with E-state index in [1.165, 1.54) is 0 Å². The first-order valence-electron chi connectivity index (χ1n) is 7.11. The quantitative estimate of drug-likeness (QED) is 0.302. The molecule has 0 aliphatic rings. The van der Waals surface area contributed by atoms with Crippen molar-refractivity contribution < 1.29 is 10.0 Å². The number of hydrogen-bond donors (Lipinski definition) is 2. The van der Waals surface area contributed by atoms with E-state index >= 15 is 0 Å². The molecule has 0 aliphatic heterocycles. The normalized spacial score (nSPS) is 14.2. The van der Waals surface area contributed by atoms with Crippen LogP contribution in [0.3, 0.4) is 0 Å². The third-order valence-corrected chi connectivity index (χ3v) is 3.08. The summed E-state index contributed by atoms with van der Waals surface area (Å²) in [5, 5.41) is 11.9. The van der Waals surface area contributed by atoms with Gasteiger partial charge in [-0.1, -0.05) is 32.9 Å². The molecule has 0 saturated heterocycles. The molecule has 0 aromatic rings. The van der Waals surface area contributed by atoms with Gasteiger partial charge in [0, 0.05) is 19.6 Å². The number of amides is 1. The van der Waals surface area contributed by atoms with E-state index in [2.05, 4.69) is 19.0 Å². The molecule has 0 radical (unpaired) electrons. The lowest BCUT2D eigenvalue weighted by molar-refractivity contribution is -0.135. The highest BCUT2D eigenvalue weighted by molar-refractivity contribution is 6.02. The fourth-order valence-corrected chi connectivity index (χ4v) is 2.07. The Morgan fingerprint density at radius 3 is 2.10 bits per heavy atom. The third-order valence-electron chi connectivity index (χ3n) is 3.08. The van der Waals surface area contributed by atoms with Gasteiger partial charge in [-0.05, 0) is 25.9 Å². The Balaban J connectivity index is 5.06. The van der Waals surface area contributed by atoms with Crippen molar-refractivity contribution in [3.63, 3.8) is 0 Å². The van der Waals surface area contributed by atoms with E-state index < -0.39 is 5.92 Å². The second-order valence-corrected chi connectivity index (χ2v) is 6.23. The average molecular weight is 286 g/mol. The van der Waals surface area contributed by atoms with Crippen molar-refractivity contribution in [2.45, 2.75) is 27.7 Å². The lowest BCUT2D eigenvalue weighted by Gasteiger charge is -2.30. The summed E-state index contributed by atoms with van der Waals surface area (Å²) >= 11 is 0. The second-order valence-electron chi connectivity index (χ2n) is 6.23. The standard InChI is InChI=1S/C14H30N4O2/c1-10(2)9-18(8-7-17(5)6)14(19)12(11(3)4)13(15)16-20/h10-12,20H,7-9H2,1-6H3,(H2,15,16). The maximum Gasteiger partial charge on any atom is 0.233 e. The van der Waals surface area contributed by atoms with E-state index in [4.69, 9.17) is 10.9 Å². The monoisotopic (exact) mass is 286 g/mol. The zero-order chi connectivity index (χ0) is 15.9. The Morgan fingerprint density at radius 1 is 1.20 bits per heavy atom. The van der Waals surface area contributed by atoms with Crippen molar-refractivity contribution in [1.29, 1.82) is 0 Å². The molecular formula is C14H30N4O2. The number of nitrogens with zero attached hydrogens (tertiary/aromatic N) is 3. The maximum absolute atomic E-state index is 12.7. The third kappa shape index (κ3) is 6.23. The molecule has 1 unspecified atom stereocenters. The van der Waals surface area contributed by atoms with Crippen LogP contribution in [0.1, 0.15) is 27.7 Å². The van der Waals surface area contributed by atoms with Crippen LogP contribution in [0.5, 0.6) is 0 Å². The number of carbonyl (C=O) groups is 1. The molecule has 0 fully saturated rings. The van der Waals surface area contributed by atoms with Crippen molar-refractivity contribution in [2.24, 2.45) is 28.6 Å². The zero-order valence-corrected chi connectivity index (χ0v) is 13.6. The molecule has 118 valence electrons. The highest BCUT2D eigenvalue weighted by Crippen LogP contribution is 2.16. The molecule has 6 heteroatoms. The first-order chi connectivity index (χ1) is 9.20. The summed E-state index contributed by atoms with van der Waals surface area (Å²) in [4.78, 5) is 16.5. The van der Waals surface area contributed by atoms with E-state index in [9.17, 15) is 4.79 Å². The highest BCUT2D eigenvalue weighted by atomic mass is 16.4. The van der Waals surface area contributed by atoms with Crippen LogP contribution < -0.4 is 5.73 Å². The highest BCUT2D eigenvalue weighted by Gasteiger charge is 2.31. The molecule has 20 heavy (non-hydrogen) atoms. The molecule has 0 bridgehead atoms. The van der Waals surface area contributed by atoms with E-state index in [0.717, 1.165) is 6.54 Å². The van der Waals surface area contributed by atoms with E-state index in [1.54, 1.807) is 0 Å². The molecule has 1 atom stereocenters. The van der Waals surface area contributed by atoms with Gasteiger partial charge in [0.05, 0.1) is 0 Å². The molecule has 0 rings (SSSR count). The van der Waals surface area contributed by atoms with Crippen LogP contribution in [0.15, 0.2) is 5.16 Å². The van der Waals surface area contributed by atoms with Crippen molar-refractivity contribution in [2.75, 3.05) is 33.7 Å². The fourth-order valence-electron chi connectivity index (χ4n) is 2.07. The minimum Gasteiger partial charge on any atom is -0.409 e. The lowest BCUT2D eigenvalue weighted by Crippen LogP contribution is -2.47. The van der Waals surface area contributed by atoms with Gasteiger partial charge >= 0.3 is 0 Å². The molecule has 0 heterocycles. The molecule has 0 aromatic heterocycles. The predicted octanol–water partition coefficient (Wildman–Crippen LogP) is 1.05. The van der Waals surface area contributed by atoms with E-state index in [-0.39, 0.29) is 17.7 Å². The van der Waals surface area contributed by atoms with Crippen LogP contribution in [0, 0.1) is 17.8 Å². The molecule has 0 aliphatic carbocycles. The Hall–Kier alpha value is -1.30. The van der Waals surface area contributed by atoms with Gasteiger partial charge in [0.25, 0.3) is 0 Å². The first kappa shape index (κ1) is 18.7. The topological polar surface area (TPSA) is 82.2 Å². The van der Waals surface area contributed by atoms with Gasteiger partial charge in [-0.3, -0.25) is 4.79 Å². The number of likely N-dealkylation sites (N-methyl/N-ethyl adjacent to an activating group) is 1. The van der Waals surface area contributed by atoms with Gasteiger partial charge < -0.3 is 20.7 Å². The second kappa shape index (κ2) is 8.79. The summed E-state index contributed by atoms with van der Waals surface area (Å²) in [6.45, 7) is 10.1. The van der Waals surface area contributed by atoms with Gasteiger partial charge in [-0.15, -0.1) is 0 Å². The summed E-state index contributed by atoms with van der Waals surface area (Å²) in [6, 6.07) is 0.